The lowest BCUT2D eigenvalue weighted by atomic mass is 9.96. The second kappa shape index (κ2) is 21.1. The smallest absolute Gasteiger partial charge is 0.259 e. The third kappa shape index (κ3) is 11.3. The number of amides is 3. The summed E-state index contributed by atoms with van der Waals surface area (Å²) in [7, 11) is 3.21. The molecule has 13 heteroatoms. The maximum absolute atomic E-state index is 14.1. The summed E-state index contributed by atoms with van der Waals surface area (Å²) >= 11 is 0. The Morgan fingerprint density at radius 3 is 2.15 bits per heavy atom. The van der Waals surface area contributed by atoms with Crippen LogP contribution in [0.15, 0.2) is 115 Å². The summed E-state index contributed by atoms with van der Waals surface area (Å²) < 4.78 is 21.0. The molecule has 0 radical (unpaired) electrons. The maximum atomic E-state index is 14.1. The fraction of sp³-hybridized carbons (Fsp3) is 0.346. The quantitative estimate of drug-likeness (QED) is 0.0744. The first-order valence-electron chi connectivity index (χ1n) is 22.5. The highest BCUT2D eigenvalue weighted by molar-refractivity contribution is 6.80. The van der Waals surface area contributed by atoms with Crippen LogP contribution in [0.5, 0.6) is 11.5 Å². The first-order chi connectivity index (χ1) is 31.3. The number of piperazine rings is 1. The van der Waals surface area contributed by atoms with Crippen molar-refractivity contribution < 1.29 is 28.3 Å². The lowest BCUT2D eigenvalue weighted by molar-refractivity contribution is -0.132. The van der Waals surface area contributed by atoms with Crippen molar-refractivity contribution >= 4 is 59.5 Å². The van der Waals surface area contributed by atoms with Crippen molar-refractivity contribution in [3.63, 3.8) is 0 Å². The number of imidazole rings is 1. The van der Waals surface area contributed by atoms with E-state index in [9.17, 15) is 14.4 Å². The molecule has 1 aliphatic heterocycles. The van der Waals surface area contributed by atoms with E-state index >= 15 is 0 Å². The summed E-state index contributed by atoms with van der Waals surface area (Å²) in [4.78, 5) is 51.6. The fourth-order valence-electron chi connectivity index (χ4n) is 8.21. The van der Waals surface area contributed by atoms with E-state index in [0.717, 1.165) is 62.3 Å². The lowest BCUT2D eigenvalue weighted by Crippen LogP contribution is -2.47. The van der Waals surface area contributed by atoms with Crippen molar-refractivity contribution in [3.05, 3.63) is 138 Å². The van der Waals surface area contributed by atoms with Crippen LogP contribution in [-0.2, 0) is 21.4 Å². The number of hydrogen-bond acceptors (Lipinski definition) is 8. The van der Waals surface area contributed by atoms with Crippen LogP contribution in [0.4, 0.5) is 11.4 Å². The number of hydrogen-bond donors (Lipinski definition) is 1. The van der Waals surface area contributed by atoms with Crippen LogP contribution in [0.2, 0.25) is 0 Å². The minimum Gasteiger partial charge on any atom is -0.496 e. The average Bonchev–Trinajstić information content (AvgIpc) is 3.70. The largest absolute Gasteiger partial charge is 0.496 e. The summed E-state index contributed by atoms with van der Waals surface area (Å²) in [6.45, 7) is 12.5. The van der Waals surface area contributed by atoms with Crippen molar-refractivity contribution in [2.75, 3.05) is 64.2 Å². The molecule has 0 saturated carbocycles. The number of unbranched alkanes of at least 4 members (excludes halogenated alkanes) is 2. The molecule has 1 aromatic heterocycles. The number of rotatable bonds is 17. The SMILES string of the molecule is COc1cc(C(=O)N(C)c2ccc(C)cc2OCCCCCC(=O)N2CCN(C)CC2)ccc1C(=O)Nc1cccc2c1nc(C(C)(C)C)n2CO[SiH](c1ccccc1)c1ccccc1. The predicted octanol–water partition coefficient (Wildman–Crippen LogP) is 7.41. The Labute approximate surface area is 384 Å². The number of ether oxygens (including phenoxy) is 2. The molecule has 340 valence electrons. The summed E-state index contributed by atoms with van der Waals surface area (Å²) in [6.07, 6.45) is 3.01. The highest BCUT2D eigenvalue weighted by Crippen LogP contribution is 2.33. The van der Waals surface area contributed by atoms with Gasteiger partial charge < -0.3 is 38.5 Å². The number of methoxy groups -OCH3 is 1. The molecule has 0 spiro atoms. The Bertz CT molecular complexity index is 2550. The van der Waals surface area contributed by atoms with Gasteiger partial charge in [0.15, 0.2) is 0 Å². The van der Waals surface area contributed by atoms with Crippen LogP contribution in [-0.4, -0.2) is 100 Å². The molecule has 3 amide bonds. The topological polar surface area (TPSA) is 118 Å². The fourth-order valence-corrected chi connectivity index (χ4v) is 10.4. The third-order valence-corrected chi connectivity index (χ3v) is 14.4. The summed E-state index contributed by atoms with van der Waals surface area (Å²) in [5.41, 5.74) is 3.94. The normalized spacial score (nSPS) is 13.3. The van der Waals surface area contributed by atoms with E-state index in [-0.39, 0.29) is 35.3 Å². The Kier molecular flexibility index (Phi) is 15.2. The number of likely N-dealkylation sites (N-methyl/N-ethyl adjacent to an activating group) is 1. The first kappa shape index (κ1) is 46.7. The van der Waals surface area contributed by atoms with E-state index < -0.39 is 14.9 Å². The highest BCUT2D eigenvalue weighted by Gasteiger charge is 2.27. The summed E-state index contributed by atoms with van der Waals surface area (Å²) in [5.74, 6) is 1.23. The molecular weight excluding hydrogens is 833 g/mol. The van der Waals surface area contributed by atoms with Gasteiger partial charge in [-0.3, -0.25) is 14.4 Å². The number of fused-ring (bicyclic) bond motifs is 1. The molecule has 0 unspecified atom stereocenters. The molecule has 6 aromatic rings. The molecule has 12 nitrogen and oxygen atoms in total. The van der Waals surface area contributed by atoms with Gasteiger partial charge in [-0.05, 0) is 91.6 Å². The van der Waals surface area contributed by atoms with Crippen molar-refractivity contribution in [3.8, 4) is 11.5 Å². The number of benzene rings is 5. The third-order valence-electron chi connectivity index (χ3n) is 11.9. The van der Waals surface area contributed by atoms with Crippen LogP contribution in [0.3, 0.4) is 0 Å². The van der Waals surface area contributed by atoms with E-state index in [4.69, 9.17) is 18.9 Å². The second-order valence-electron chi connectivity index (χ2n) is 17.8. The van der Waals surface area contributed by atoms with Gasteiger partial charge in [0.2, 0.25) is 14.9 Å². The predicted molar refractivity (Wildman–Crippen MR) is 262 cm³/mol. The molecule has 2 heterocycles. The number of nitrogens with one attached hydrogen (secondary N) is 1. The Hall–Kier alpha value is -6.28. The van der Waals surface area contributed by atoms with E-state index in [1.54, 1.807) is 30.1 Å². The van der Waals surface area contributed by atoms with Gasteiger partial charge in [-0.15, -0.1) is 0 Å². The molecule has 1 fully saturated rings. The number of nitrogens with zero attached hydrogens (tertiary/aromatic N) is 5. The second-order valence-corrected chi connectivity index (χ2v) is 20.3. The number of carbonyl (C=O) groups excluding carboxylic acids is 3. The molecule has 7 rings (SSSR count). The molecule has 1 aliphatic rings. The van der Waals surface area contributed by atoms with Gasteiger partial charge in [-0.25, -0.2) is 4.98 Å². The van der Waals surface area contributed by atoms with Gasteiger partial charge in [-0.1, -0.05) is 93.6 Å². The number of para-hydroxylation sites is 1. The molecule has 0 bridgehead atoms. The van der Waals surface area contributed by atoms with Gasteiger partial charge in [0, 0.05) is 50.6 Å². The summed E-state index contributed by atoms with van der Waals surface area (Å²) in [5, 5.41) is 5.45. The van der Waals surface area contributed by atoms with E-state index in [1.807, 2.05) is 84.6 Å². The average molecular weight is 895 g/mol. The van der Waals surface area contributed by atoms with Gasteiger partial charge in [-0.2, -0.15) is 0 Å². The number of carbonyl (C=O) groups is 3. The Morgan fingerprint density at radius 1 is 0.800 bits per heavy atom. The van der Waals surface area contributed by atoms with Crippen LogP contribution < -0.4 is 30.1 Å². The Morgan fingerprint density at radius 2 is 1.49 bits per heavy atom. The number of aromatic nitrogens is 2. The molecule has 0 aliphatic carbocycles. The number of anilines is 2. The minimum atomic E-state index is -2.07. The zero-order chi connectivity index (χ0) is 46.1. The van der Waals surface area contributed by atoms with Gasteiger partial charge >= 0.3 is 0 Å². The molecule has 65 heavy (non-hydrogen) atoms. The van der Waals surface area contributed by atoms with E-state index in [2.05, 4.69) is 66.9 Å². The number of aryl methyl sites for hydroxylation is 1. The van der Waals surface area contributed by atoms with Crippen LogP contribution in [0, 0.1) is 6.92 Å². The van der Waals surface area contributed by atoms with Crippen molar-refractivity contribution in [1.82, 2.24) is 19.4 Å². The molecule has 5 aromatic carbocycles. The lowest BCUT2D eigenvalue weighted by Gasteiger charge is -2.32. The van der Waals surface area contributed by atoms with Crippen LogP contribution in [0.1, 0.15) is 78.6 Å². The standard InChI is InChI=1S/C52H62N6O6Si/c1-37-25-28-43(46(34-37)63-33-16-10-15-24-47(59)57-31-29-55(5)30-32-57)56(6)50(61)38-26-27-41(45(35-38)62-7)49(60)53-42-22-17-23-44-48(42)54-51(52(2,3)4)58(44)36-64-65(39-18-11-8-12-19-39)40-20-13-9-14-21-40/h8-9,11-14,17-23,25-28,34-35,65H,10,15-16,24,29-33,36H2,1-7H3,(H,53,60). The zero-order valence-corrected chi connectivity index (χ0v) is 40.0. The Balaban J connectivity index is 1.03. The molecule has 1 N–H and O–H groups in total. The van der Waals surface area contributed by atoms with Gasteiger partial charge in [0.25, 0.3) is 11.8 Å². The first-order valence-corrected chi connectivity index (χ1v) is 24.1. The van der Waals surface area contributed by atoms with Crippen LogP contribution in [0.25, 0.3) is 11.0 Å². The highest BCUT2D eigenvalue weighted by atomic mass is 28.3. The molecule has 0 atom stereocenters. The summed E-state index contributed by atoms with van der Waals surface area (Å²) in [6, 6.07) is 37.1. The van der Waals surface area contributed by atoms with E-state index in [0.29, 0.717) is 41.2 Å². The minimum absolute atomic E-state index is 0.223. The monoisotopic (exact) mass is 894 g/mol. The van der Waals surface area contributed by atoms with Gasteiger partial charge in [0.1, 0.15) is 29.6 Å². The van der Waals surface area contributed by atoms with Crippen molar-refractivity contribution in [1.29, 1.82) is 0 Å². The van der Waals surface area contributed by atoms with Crippen LogP contribution >= 0.6 is 0 Å². The zero-order valence-electron chi connectivity index (χ0n) is 38.8. The van der Waals surface area contributed by atoms with Crippen molar-refractivity contribution in [2.45, 2.75) is 65.5 Å². The molecule has 1 saturated heterocycles. The van der Waals surface area contributed by atoms with E-state index in [1.165, 1.54) is 17.5 Å². The molecular formula is C52H62N6O6Si. The maximum Gasteiger partial charge on any atom is 0.259 e. The van der Waals surface area contributed by atoms with Crippen molar-refractivity contribution in [2.24, 2.45) is 0 Å². The van der Waals surface area contributed by atoms with Gasteiger partial charge in [0.05, 0.1) is 36.2 Å².